The van der Waals surface area contributed by atoms with Gasteiger partial charge in [0, 0.05) is 0 Å². The van der Waals surface area contributed by atoms with Gasteiger partial charge in [0.2, 0.25) is 0 Å². The topological polar surface area (TPSA) is 0 Å². The normalized spacial score (nSPS) is 8.92. The molecule has 0 N–H and O–H groups in total. The van der Waals surface area contributed by atoms with Crippen LogP contribution < -0.4 is 5.30 Å². The predicted molar refractivity (Wildman–Crippen MR) is 57.8 cm³/mol. The van der Waals surface area contributed by atoms with Crippen molar-refractivity contribution in [2.24, 2.45) is 0 Å². The van der Waals surface area contributed by atoms with Crippen molar-refractivity contribution in [2.45, 2.75) is 0 Å². The van der Waals surface area contributed by atoms with Crippen LogP contribution in [0.25, 0.3) is 0 Å². The molecule has 0 aliphatic rings. The van der Waals surface area contributed by atoms with Gasteiger partial charge in [0.15, 0.2) is 0 Å². The van der Waals surface area contributed by atoms with Crippen molar-refractivity contribution in [1.29, 1.82) is 0 Å². The molecule has 2 rings (SSSR count). The molecule has 0 fully saturated rings. The summed E-state index contributed by atoms with van der Waals surface area (Å²) in [7, 11) is 5.78. The Morgan fingerprint density at radius 3 is 1.77 bits per heavy atom. The van der Waals surface area contributed by atoms with Crippen LogP contribution in [0.3, 0.4) is 0 Å². The Balaban J connectivity index is 0.000000215. The van der Waals surface area contributed by atoms with Gasteiger partial charge in [0.05, 0.1) is 7.57 Å². The molecule has 1 unspecified atom stereocenters. The van der Waals surface area contributed by atoms with Gasteiger partial charge in [-0.2, -0.15) is 38.8 Å². The molecule has 2 aromatic carbocycles. The molecule has 66 valence electrons. The summed E-state index contributed by atoms with van der Waals surface area (Å²) in [5.41, 5.74) is 0. The van der Waals surface area contributed by atoms with E-state index in [0.717, 1.165) is 0 Å². The Morgan fingerprint density at radius 1 is 1.00 bits per heavy atom. The average Bonchev–Trinajstić information content (AvgIpc) is 2.81. The minimum Gasteiger partial charge on any atom is -0.214 e. The van der Waals surface area contributed by atoms with Crippen molar-refractivity contribution in [2.75, 3.05) is 0 Å². The van der Waals surface area contributed by atoms with E-state index < -0.39 is 0 Å². The number of rotatable bonds is 1. The van der Waals surface area contributed by atoms with E-state index in [0.29, 0.717) is 8.46 Å². The Bertz CT molecular complexity index is 246. The Labute approximate surface area is 93.1 Å². The van der Waals surface area contributed by atoms with E-state index in [1.807, 2.05) is 54.6 Å². The molecule has 0 amide bonds. The molecule has 0 bridgehead atoms. The third-order valence-electron chi connectivity index (χ3n) is 1.38. The molecule has 2 aromatic rings. The van der Waals surface area contributed by atoms with Crippen LogP contribution in [0.1, 0.15) is 0 Å². The van der Waals surface area contributed by atoms with Crippen LogP contribution in [-0.4, -0.2) is 7.57 Å². The van der Waals surface area contributed by atoms with Gasteiger partial charge in [-0.3, -0.25) is 0 Å². The molecule has 0 spiro atoms. The minimum absolute atomic E-state index is 0. The maximum Gasteiger partial charge on any atom is 2.00 e. The summed E-state index contributed by atoms with van der Waals surface area (Å²) in [6.45, 7) is 0. The SMILES string of the molecule is [B]P[c-]1cccc1.[Fe+2].c1cc[cH-]c1. The fourth-order valence-corrected chi connectivity index (χ4v) is 1.18. The third kappa shape index (κ3) is 5.88. The van der Waals surface area contributed by atoms with Gasteiger partial charge >= 0.3 is 17.1 Å². The smallest absolute Gasteiger partial charge is 0.214 e. The monoisotopic (exact) mass is 228 g/mol. The Morgan fingerprint density at radius 2 is 1.54 bits per heavy atom. The molecule has 0 saturated carbocycles. The molecule has 0 saturated heterocycles. The van der Waals surface area contributed by atoms with E-state index >= 15 is 0 Å². The largest absolute Gasteiger partial charge is 2.00 e. The van der Waals surface area contributed by atoms with Gasteiger partial charge in [-0.1, -0.05) is 0 Å². The predicted octanol–water partition coefficient (Wildman–Crippen LogP) is 2.20. The first-order chi connectivity index (χ1) is 5.93. The molecule has 0 heterocycles. The number of hydrogen-bond acceptors (Lipinski definition) is 0. The van der Waals surface area contributed by atoms with E-state index in [9.17, 15) is 0 Å². The second-order valence-corrected chi connectivity index (χ2v) is 3.15. The molecule has 0 aliphatic carbocycles. The quantitative estimate of drug-likeness (QED) is 0.398. The molecule has 13 heavy (non-hydrogen) atoms. The van der Waals surface area contributed by atoms with Gasteiger partial charge in [0.1, 0.15) is 0 Å². The van der Waals surface area contributed by atoms with E-state index in [2.05, 4.69) is 0 Å². The van der Waals surface area contributed by atoms with Crippen molar-refractivity contribution in [3.8, 4) is 0 Å². The van der Waals surface area contributed by atoms with E-state index in [4.69, 9.17) is 7.57 Å². The standard InChI is InChI=1S/C5H5BP.C5H5.Fe/c6-7-5-3-1-2-4-5;1-2-4-5-3-1;/h1-4,7H;1-5H;/q2*-1;+2. The second-order valence-electron chi connectivity index (χ2n) is 2.28. The third-order valence-corrected chi connectivity index (χ3v) is 2.05. The van der Waals surface area contributed by atoms with Gasteiger partial charge < -0.3 is 0 Å². The maximum atomic E-state index is 5.32. The molecule has 0 aromatic heterocycles. The van der Waals surface area contributed by atoms with Gasteiger partial charge in [0.25, 0.3) is 0 Å². The summed E-state index contributed by atoms with van der Waals surface area (Å²) in [5, 5.41) is 1.24. The molecule has 3 heteroatoms. The van der Waals surface area contributed by atoms with Crippen LogP contribution in [0.15, 0.2) is 54.6 Å². The molecule has 0 aliphatic heterocycles. The number of hydrogen-bond donors (Lipinski definition) is 0. The van der Waals surface area contributed by atoms with Crippen molar-refractivity contribution in [1.82, 2.24) is 0 Å². The second kappa shape index (κ2) is 8.32. The zero-order chi connectivity index (χ0) is 8.65. The van der Waals surface area contributed by atoms with E-state index in [1.165, 1.54) is 5.30 Å². The summed E-state index contributed by atoms with van der Waals surface area (Å²) in [5.74, 6) is 0. The Kier molecular flexibility index (Phi) is 8.14. The van der Waals surface area contributed by atoms with Crippen molar-refractivity contribution < 1.29 is 17.1 Å². The summed E-state index contributed by atoms with van der Waals surface area (Å²) in [6, 6.07) is 18.0. The Hall–Kier alpha value is -0.286. The van der Waals surface area contributed by atoms with Crippen LogP contribution in [0, 0.1) is 0 Å². The molecule has 0 nitrogen and oxygen atoms in total. The summed E-state index contributed by atoms with van der Waals surface area (Å²) in [6.07, 6.45) is 0. The molecule has 1 atom stereocenters. The van der Waals surface area contributed by atoms with E-state index in [-0.39, 0.29) is 17.1 Å². The fourth-order valence-electron chi connectivity index (χ4n) is 0.791. The maximum absolute atomic E-state index is 5.32. The first-order valence-electron chi connectivity index (χ1n) is 3.78. The molecular formula is C10H10BFeP. The van der Waals surface area contributed by atoms with Crippen LogP contribution in [0.2, 0.25) is 0 Å². The van der Waals surface area contributed by atoms with Crippen molar-refractivity contribution >= 4 is 21.3 Å². The van der Waals surface area contributed by atoms with Crippen LogP contribution in [0.4, 0.5) is 0 Å². The van der Waals surface area contributed by atoms with Crippen molar-refractivity contribution in [3.63, 3.8) is 0 Å². The fraction of sp³-hybridized carbons (Fsp3) is 0. The van der Waals surface area contributed by atoms with E-state index in [1.54, 1.807) is 0 Å². The zero-order valence-corrected chi connectivity index (χ0v) is 9.23. The van der Waals surface area contributed by atoms with Gasteiger partial charge in [-0.05, 0) is 0 Å². The molecular weight excluding hydrogens is 218 g/mol. The average molecular weight is 228 g/mol. The van der Waals surface area contributed by atoms with Crippen LogP contribution in [0.5, 0.6) is 0 Å². The van der Waals surface area contributed by atoms with Crippen molar-refractivity contribution in [3.05, 3.63) is 54.6 Å². The van der Waals surface area contributed by atoms with Crippen LogP contribution >= 0.6 is 8.46 Å². The van der Waals surface area contributed by atoms with Gasteiger partial charge in [-0.25, -0.2) is 24.3 Å². The summed E-state index contributed by atoms with van der Waals surface area (Å²) < 4.78 is 0. The zero-order valence-electron chi connectivity index (χ0n) is 7.13. The van der Waals surface area contributed by atoms with Gasteiger partial charge in [-0.15, -0.1) is 5.30 Å². The minimum atomic E-state index is 0. The first-order valence-corrected chi connectivity index (χ1v) is 4.86. The van der Waals surface area contributed by atoms with Crippen LogP contribution in [-0.2, 0) is 17.1 Å². The summed E-state index contributed by atoms with van der Waals surface area (Å²) in [4.78, 5) is 0. The summed E-state index contributed by atoms with van der Waals surface area (Å²) >= 11 is 0. The molecule has 2 radical (unpaired) electrons. The first kappa shape index (κ1) is 12.7.